The van der Waals surface area contributed by atoms with Gasteiger partial charge < -0.3 is 10.2 Å². The first-order valence-corrected chi connectivity index (χ1v) is 8.58. The fraction of sp³-hybridized carbons (Fsp3) is 0.412. The third-order valence-electron chi connectivity index (χ3n) is 4.01. The SMILES string of the molecule is Cc1nc(-c2ccc(F)cc2)sc1C(=O)NCCN(C)C1CC1. The second-order valence-electron chi connectivity index (χ2n) is 5.91. The van der Waals surface area contributed by atoms with Crippen molar-refractivity contribution >= 4 is 17.2 Å². The predicted octanol–water partition coefficient (Wildman–Crippen LogP) is 3.08. The van der Waals surface area contributed by atoms with Gasteiger partial charge in [0, 0.05) is 24.7 Å². The maximum Gasteiger partial charge on any atom is 0.263 e. The first-order chi connectivity index (χ1) is 11.0. The van der Waals surface area contributed by atoms with Gasteiger partial charge in [-0.3, -0.25) is 4.79 Å². The number of nitrogens with zero attached hydrogens (tertiary/aromatic N) is 2. The number of nitrogens with one attached hydrogen (secondary N) is 1. The molecule has 1 aliphatic carbocycles. The summed E-state index contributed by atoms with van der Waals surface area (Å²) in [4.78, 5) is 19.7. The van der Waals surface area contributed by atoms with Crippen LogP contribution in [0.2, 0.25) is 0 Å². The number of hydrogen-bond acceptors (Lipinski definition) is 4. The third-order valence-corrected chi connectivity index (χ3v) is 5.22. The Morgan fingerprint density at radius 3 is 2.74 bits per heavy atom. The molecule has 1 aromatic carbocycles. The Hall–Kier alpha value is -1.79. The summed E-state index contributed by atoms with van der Waals surface area (Å²) in [6, 6.07) is 6.86. The number of likely N-dealkylation sites (N-methyl/N-ethyl adjacent to an activating group) is 1. The molecule has 1 aromatic heterocycles. The summed E-state index contributed by atoms with van der Waals surface area (Å²) >= 11 is 1.34. The van der Waals surface area contributed by atoms with Gasteiger partial charge in [0.05, 0.1) is 5.69 Å². The van der Waals surface area contributed by atoms with E-state index in [2.05, 4.69) is 22.2 Å². The number of carbonyl (C=O) groups is 1. The number of rotatable bonds is 6. The lowest BCUT2D eigenvalue weighted by molar-refractivity contribution is 0.0952. The highest BCUT2D eigenvalue weighted by molar-refractivity contribution is 7.17. The summed E-state index contributed by atoms with van der Waals surface area (Å²) in [5, 5.41) is 3.70. The standard InChI is InChI=1S/C17H20FN3OS/c1-11-15(16(22)19-9-10-21(2)14-7-8-14)23-17(20-11)12-3-5-13(18)6-4-12/h3-6,14H,7-10H2,1-2H3,(H,19,22). The van der Waals surface area contributed by atoms with Crippen LogP contribution in [0.15, 0.2) is 24.3 Å². The van der Waals surface area contributed by atoms with Crippen LogP contribution >= 0.6 is 11.3 Å². The second-order valence-corrected chi connectivity index (χ2v) is 6.91. The lowest BCUT2D eigenvalue weighted by Gasteiger charge is -2.15. The molecule has 3 rings (SSSR count). The van der Waals surface area contributed by atoms with E-state index in [1.165, 1.54) is 36.3 Å². The zero-order chi connectivity index (χ0) is 16.4. The van der Waals surface area contributed by atoms with E-state index in [9.17, 15) is 9.18 Å². The van der Waals surface area contributed by atoms with Gasteiger partial charge in [-0.1, -0.05) is 0 Å². The number of aryl methyl sites for hydroxylation is 1. The van der Waals surface area contributed by atoms with Gasteiger partial charge >= 0.3 is 0 Å². The third kappa shape index (κ3) is 3.95. The van der Waals surface area contributed by atoms with Crippen molar-refractivity contribution in [2.45, 2.75) is 25.8 Å². The van der Waals surface area contributed by atoms with Gasteiger partial charge in [-0.15, -0.1) is 11.3 Å². The van der Waals surface area contributed by atoms with Crippen LogP contribution in [0, 0.1) is 12.7 Å². The molecular weight excluding hydrogens is 313 g/mol. The van der Waals surface area contributed by atoms with E-state index >= 15 is 0 Å². The molecule has 4 nitrogen and oxygen atoms in total. The second kappa shape index (κ2) is 6.76. The van der Waals surface area contributed by atoms with Crippen LogP contribution in [0.25, 0.3) is 10.6 Å². The molecule has 0 atom stereocenters. The zero-order valence-electron chi connectivity index (χ0n) is 13.3. The van der Waals surface area contributed by atoms with Gasteiger partial charge in [0.25, 0.3) is 5.91 Å². The summed E-state index contributed by atoms with van der Waals surface area (Å²) in [5.41, 5.74) is 1.54. The molecule has 23 heavy (non-hydrogen) atoms. The van der Waals surface area contributed by atoms with Gasteiger partial charge in [-0.25, -0.2) is 9.37 Å². The molecule has 1 fully saturated rings. The van der Waals surface area contributed by atoms with Crippen LogP contribution in [0.3, 0.4) is 0 Å². The van der Waals surface area contributed by atoms with E-state index in [-0.39, 0.29) is 11.7 Å². The molecule has 1 amide bonds. The smallest absolute Gasteiger partial charge is 0.263 e. The fourth-order valence-electron chi connectivity index (χ4n) is 2.45. The highest BCUT2D eigenvalue weighted by Crippen LogP contribution is 2.28. The van der Waals surface area contributed by atoms with Gasteiger partial charge in [-0.2, -0.15) is 0 Å². The molecule has 0 aliphatic heterocycles. The van der Waals surface area contributed by atoms with E-state index in [1.807, 2.05) is 6.92 Å². The summed E-state index contributed by atoms with van der Waals surface area (Å²) in [7, 11) is 2.09. The molecule has 0 unspecified atom stereocenters. The number of aromatic nitrogens is 1. The zero-order valence-corrected chi connectivity index (χ0v) is 14.1. The molecule has 6 heteroatoms. The highest BCUT2D eigenvalue weighted by Gasteiger charge is 2.25. The summed E-state index contributed by atoms with van der Waals surface area (Å²) in [6.45, 7) is 3.32. The van der Waals surface area contributed by atoms with Crippen LogP contribution in [0.4, 0.5) is 4.39 Å². The molecule has 1 aliphatic rings. The van der Waals surface area contributed by atoms with E-state index in [4.69, 9.17) is 0 Å². The average Bonchev–Trinajstić information content (AvgIpc) is 3.30. The van der Waals surface area contributed by atoms with Crippen LogP contribution in [0.5, 0.6) is 0 Å². The maximum absolute atomic E-state index is 13.0. The molecule has 0 radical (unpaired) electrons. The largest absolute Gasteiger partial charge is 0.350 e. The topological polar surface area (TPSA) is 45.2 Å². The van der Waals surface area contributed by atoms with E-state index < -0.39 is 0 Å². The lowest BCUT2D eigenvalue weighted by atomic mass is 10.2. The van der Waals surface area contributed by atoms with Crippen molar-refractivity contribution in [2.75, 3.05) is 20.1 Å². The molecule has 1 heterocycles. The van der Waals surface area contributed by atoms with Crippen molar-refractivity contribution in [3.8, 4) is 10.6 Å². The summed E-state index contributed by atoms with van der Waals surface area (Å²) < 4.78 is 13.0. The van der Waals surface area contributed by atoms with Crippen molar-refractivity contribution in [3.05, 3.63) is 40.7 Å². The Labute approximate surface area is 139 Å². The minimum atomic E-state index is -0.278. The first kappa shape index (κ1) is 16.1. The van der Waals surface area contributed by atoms with E-state index in [0.29, 0.717) is 23.2 Å². The number of halogens is 1. The van der Waals surface area contributed by atoms with E-state index in [0.717, 1.165) is 17.1 Å². The van der Waals surface area contributed by atoms with Crippen molar-refractivity contribution in [3.63, 3.8) is 0 Å². The number of hydrogen-bond donors (Lipinski definition) is 1. The Morgan fingerprint density at radius 1 is 1.39 bits per heavy atom. The van der Waals surface area contributed by atoms with Gasteiger partial charge in [0.15, 0.2) is 0 Å². The fourth-order valence-corrected chi connectivity index (χ4v) is 3.44. The molecule has 1 N–H and O–H groups in total. The number of thiazole rings is 1. The molecule has 0 saturated heterocycles. The first-order valence-electron chi connectivity index (χ1n) is 7.76. The van der Waals surface area contributed by atoms with E-state index in [1.54, 1.807) is 12.1 Å². The minimum absolute atomic E-state index is 0.0856. The minimum Gasteiger partial charge on any atom is -0.350 e. The molecule has 2 aromatic rings. The monoisotopic (exact) mass is 333 g/mol. The normalized spacial score (nSPS) is 14.3. The van der Waals surface area contributed by atoms with Crippen molar-refractivity contribution in [1.29, 1.82) is 0 Å². The van der Waals surface area contributed by atoms with Crippen molar-refractivity contribution < 1.29 is 9.18 Å². The Kier molecular flexibility index (Phi) is 4.73. The Bertz CT molecular complexity index is 694. The molecule has 122 valence electrons. The van der Waals surface area contributed by atoms with Crippen LogP contribution in [-0.2, 0) is 0 Å². The summed E-state index contributed by atoms with van der Waals surface area (Å²) in [5.74, 6) is -0.364. The predicted molar refractivity (Wildman–Crippen MR) is 90.2 cm³/mol. The number of amides is 1. The highest BCUT2D eigenvalue weighted by atomic mass is 32.1. The van der Waals surface area contributed by atoms with Crippen LogP contribution in [-0.4, -0.2) is 42.0 Å². The number of benzene rings is 1. The maximum atomic E-state index is 13.0. The molecule has 1 saturated carbocycles. The average molecular weight is 333 g/mol. The summed E-state index contributed by atoms with van der Waals surface area (Å²) in [6.07, 6.45) is 2.53. The van der Waals surface area contributed by atoms with Crippen molar-refractivity contribution in [2.24, 2.45) is 0 Å². The van der Waals surface area contributed by atoms with Gasteiger partial charge in [-0.05, 0) is 51.1 Å². The molecule has 0 bridgehead atoms. The molecular formula is C17H20FN3OS. The quantitative estimate of drug-likeness (QED) is 0.883. The van der Waals surface area contributed by atoms with Gasteiger partial charge in [0.1, 0.15) is 15.7 Å². The lowest BCUT2D eigenvalue weighted by Crippen LogP contribution is -2.33. The van der Waals surface area contributed by atoms with Crippen LogP contribution < -0.4 is 5.32 Å². The van der Waals surface area contributed by atoms with Crippen LogP contribution in [0.1, 0.15) is 28.2 Å². The van der Waals surface area contributed by atoms with Gasteiger partial charge in [0.2, 0.25) is 0 Å². The van der Waals surface area contributed by atoms with Crippen molar-refractivity contribution in [1.82, 2.24) is 15.2 Å². The Morgan fingerprint density at radius 2 is 2.09 bits per heavy atom. The Balaban J connectivity index is 1.62. The molecule has 0 spiro atoms. The number of carbonyl (C=O) groups excluding carboxylic acids is 1.